The number of nitrogens with one attached hydrogen (secondary N) is 1. The number of hydrogen-bond acceptors (Lipinski definition) is 3. The number of amides is 1. The Morgan fingerprint density at radius 1 is 1.47 bits per heavy atom. The molecule has 1 aromatic carbocycles. The third-order valence-electron chi connectivity index (χ3n) is 2.69. The molecule has 0 bridgehead atoms. The number of aliphatic hydroxyl groups excluding tert-OH is 1. The van der Waals surface area contributed by atoms with Gasteiger partial charge in [0.1, 0.15) is 5.75 Å². The van der Waals surface area contributed by atoms with Crippen LogP contribution in [0.3, 0.4) is 0 Å². The molecule has 1 atom stereocenters. The van der Waals surface area contributed by atoms with Gasteiger partial charge in [-0.25, -0.2) is 0 Å². The van der Waals surface area contributed by atoms with Crippen molar-refractivity contribution in [2.75, 3.05) is 13.2 Å². The van der Waals surface area contributed by atoms with Crippen LogP contribution in [0.2, 0.25) is 5.02 Å². The summed E-state index contributed by atoms with van der Waals surface area (Å²) < 4.78 is 5.60. The zero-order chi connectivity index (χ0) is 14.3. The van der Waals surface area contributed by atoms with Crippen molar-refractivity contribution >= 4 is 17.5 Å². The van der Waals surface area contributed by atoms with E-state index in [-0.39, 0.29) is 12.5 Å². The zero-order valence-electron chi connectivity index (χ0n) is 11.3. The molecule has 1 unspecified atom stereocenters. The van der Waals surface area contributed by atoms with Crippen molar-refractivity contribution in [1.82, 2.24) is 5.32 Å². The Kier molecular flexibility index (Phi) is 6.67. The Balaban J connectivity index is 2.45. The summed E-state index contributed by atoms with van der Waals surface area (Å²) in [5.74, 6) is 0.495. The molecule has 4 nitrogen and oxygen atoms in total. The zero-order valence-corrected chi connectivity index (χ0v) is 12.0. The summed E-state index contributed by atoms with van der Waals surface area (Å²) in [5, 5.41) is 12.1. The van der Waals surface area contributed by atoms with Gasteiger partial charge in [-0.05, 0) is 50.5 Å². The number of unbranched alkanes of at least 4 members (excludes halogenated alkanes) is 1. The fourth-order valence-corrected chi connectivity index (χ4v) is 1.81. The average molecular weight is 286 g/mol. The van der Waals surface area contributed by atoms with Crippen molar-refractivity contribution in [3.8, 4) is 5.75 Å². The summed E-state index contributed by atoms with van der Waals surface area (Å²) in [6.07, 6.45) is 0.884. The van der Waals surface area contributed by atoms with E-state index in [2.05, 4.69) is 5.32 Å². The van der Waals surface area contributed by atoms with E-state index in [0.717, 1.165) is 12.0 Å². The van der Waals surface area contributed by atoms with E-state index >= 15 is 0 Å². The standard InChI is InChI=1S/C14H20ClNO3/c1-10-9-12(15)5-6-13(10)19-11(2)14(18)16-7-3-4-8-17/h5-6,9,11,17H,3-4,7-8H2,1-2H3,(H,16,18). The van der Waals surface area contributed by atoms with Crippen LogP contribution in [0.1, 0.15) is 25.3 Å². The van der Waals surface area contributed by atoms with E-state index in [9.17, 15) is 4.79 Å². The Morgan fingerprint density at radius 3 is 2.84 bits per heavy atom. The van der Waals surface area contributed by atoms with Crippen molar-refractivity contribution in [2.24, 2.45) is 0 Å². The molecule has 1 amide bonds. The van der Waals surface area contributed by atoms with Crippen LogP contribution in [0.4, 0.5) is 0 Å². The number of ether oxygens (including phenoxy) is 1. The molecular formula is C14H20ClNO3. The summed E-state index contributed by atoms with van der Waals surface area (Å²) in [4.78, 5) is 11.8. The molecular weight excluding hydrogens is 266 g/mol. The molecule has 0 spiro atoms. The van der Waals surface area contributed by atoms with Crippen LogP contribution in [0.5, 0.6) is 5.75 Å². The Bertz CT molecular complexity index is 423. The molecule has 0 fully saturated rings. The van der Waals surface area contributed by atoms with Gasteiger partial charge in [0.2, 0.25) is 0 Å². The first kappa shape index (κ1) is 15.8. The van der Waals surface area contributed by atoms with Gasteiger partial charge in [-0.2, -0.15) is 0 Å². The first-order chi connectivity index (χ1) is 9.04. The minimum absolute atomic E-state index is 0.145. The van der Waals surface area contributed by atoms with Gasteiger partial charge in [0, 0.05) is 18.2 Å². The number of carbonyl (C=O) groups is 1. The third kappa shape index (κ3) is 5.49. The average Bonchev–Trinajstić information content (AvgIpc) is 2.37. The molecule has 0 aromatic heterocycles. The van der Waals surface area contributed by atoms with Gasteiger partial charge in [0.05, 0.1) is 0 Å². The van der Waals surface area contributed by atoms with E-state index in [0.29, 0.717) is 23.7 Å². The van der Waals surface area contributed by atoms with Crippen LogP contribution in [0.15, 0.2) is 18.2 Å². The van der Waals surface area contributed by atoms with E-state index in [4.69, 9.17) is 21.4 Å². The number of aliphatic hydroxyl groups is 1. The molecule has 19 heavy (non-hydrogen) atoms. The molecule has 0 saturated heterocycles. The van der Waals surface area contributed by atoms with Crippen molar-refractivity contribution in [3.05, 3.63) is 28.8 Å². The number of aryl methyl sites for hydroxylation is 1. The summed E-state index contributed by atoms with van der Waals surface area (Å²) in [6, 6.07) is 5.28. The highest BCUT2D eigenvalue weighted by Gasteiger charge is 2.14. The molecule has 5 heteroatoms. The lowest BCUT2D eigenvalue weighted by molar-refractivity contribution is -0.127. The van der Waals surface area contributed by atoms with E-state index in [1.165, 1.54) is 0 Å². The third-order valence-corrected chi connectivity index (χ3v) is 2.93. The van der Waals surface area contributed by atoms with E-state index < -0.39 is 6.10 Å². The predicted molar refractivity (Wildman–Crippen MR) is 75.6 cm³/mol. The Hall–Kier alpha value is -1.26. The highest BCUT2D eigenvalue weighted by atomic mass is 35.5. The lowest BCUT2D eigenvalue weighted by Crippen LogP contribution is -2.37. The minimum Gasteiger partial charge on any atom is -0.481 e. The number of benzene rings is 1. The van der Waals surface area contributed by atoms with Gasteiger partial charge in [-0.15, -0.1) is 0 Å². The van der Waals surface area contributed by atoms with E-state index in [1.807, 2.05) is 6.92 Å². The minimum atomic E-state index is -0.561. The predicted octanol–water partition coefficient (Wildman–Crippen LogP) is 2.30. The number of rotatable bonds is 7. The molecule has 0 saturated carbocycles. The smallest absolute Gasteiger partial charge is 0.260 e. The Labute approximate surface area is 118 Å². The second-order valence-electron chi connectivity index (χ2n) is 4.39. The summed E-state index contributed by atoms with van der Waals surface area (Å²) in [6.45, 7) is 4.28. The summed E-state index contributed by atoms with van der Waals surface area (Å²) >= 11 is 5.86. The Morgan fingerprint density at radius 2 is 2.21 bits per heavy atom. The van der Waals surface area contributed by atoms with Crippen LogP contribution in [-0.4, -0.2) is 30.3 Å². The van der Waals surface area contributed by atoms with Gasteiger partial charge in [-0.3, -0.25) is 4.79 Å². The quantitative estimate of drug-likeness (QED) is 0.756. The number of carbonyl (C=O) groups excluding carboxylic acids is 1. The molecule has 0 aliphatic carbocycles. The van der Waals surface area contributed by atoms with E-state index in [1.54, 1.807) is 25.1 Å². The molecule has 1 rings (SSSR count). The van der Waals surface area contributed by atoms with Crippen molar-refractivity contribution in [2.45, 2.75) is 32.8 Å². The number of halogens is 1. The fourth-order valence-electron chi connectivity index (χ4n) is 1.58. The van der Waals surface area contributed by atoms with Gasteiger partial charge in [-0.1, -0.05) is 11.6 Å². The fraction of sp³-hybridized carbons (Fsp3) is 0.500. The van der Waals surface area contributed by atoms with Crippen LogP contribution in [-0.2, 0) is 4.79 Å². The first-order valence-electron chi connectivity index (χ1n) is 6.36. The van der Waals surface area contributed by atoms with Crippen LogP contribution >= 0.6 is 11.6 Å². The molecule has 0 aliphatic heterocycles. The molecule has 1 aromatic rings. The van der Waals surface area contributed by atoms with Crippen LogP contribution in [0, 0.1) is 6.92 Å². The first-order valence-corrected chi connectivity index (χ1v) is 6.73. The topological polar surface area (TPSA) is 58.6 Å². The maximum absolute atomic E-state index is 11.8. The molecule has 2 N–H and O–H groups in total. The SMILES string of the molecule is Cc1cc(Cl)ccc1OC(C)C(=O)NCCCCO. The molecule has 106 valence electrons. The molecule has 0 radical (unpaired) electrons. The van der Waals surface area contributed by atoms with Crippen LogP contribution in [0.25, 0.3) is 0 Å². The normalized spacial score (nSPS) is 12.0. The summed E-state index contributed by atoms with van der Waals surface area (Å²) in [7, 11) is 0. The van der Waals surface area contributed by atoms with Crippen LogP contribution < -0.4 is 10.1 Å². The largest absolute Gasteiger partial charge is 0.481 e. The molecule has 0 aliphatic rings. The number of hydrogen-bond donors (Lipinski definition) is 2. The monoisotopic (exact) mass is 285 g/mol. The van der Waals surface area contributed by atoms with Crippen molar-refractivity contribution < 1.29 is 14.6 Å². The maximum Gasteiger partial charge on any atom is 0.260 e. The maximum atomic E-state index is 11.8. The van der Waals surface area contributed by atoms with Gasteiger partial charge in [0.15, 0.2) is 6.10 Å². The van der Waals surface area contributed by atoms with Gasteiger partial charge >= 0.3 is 0 Å². The van der Waals surface area contributed by atoms with Crippen molar-refractivity contribution in [1.29, 1.82) is 0 Å². The molecule has 0 heterocycles. The second-order valence-corrected chi connectivity index (χ2v) is 4.83. The van der Waals surface area contributed by atoms with Crippen molar-refractivity contribution in [3.63, 3.8) is 0 Å². The van der Waals surface area contributed by atoms with Gasteiger partial charge < -0.3 is 15.2 Å². The highest BCUT2D eigenvalue weighted by Crippen LogP contribution is 2.22. The lowest BCUT2D eigenvalue weighted by Gasteiger charge is -2.16. The highest BCUT2D eigenvalue weighted by molar-refractivity contribution is 6.30. The van der Waals surface area contributed by atoms with Gasteiger partial charge in [0.25, 0.3) is 5.91 Å². The summed E-state index contributed by atoms with van der Waals surface area (Å²) in [5.41, 5.74) is 0.896. The lowest BCUT2D eigenvalue weighted by atomic mass is 10.2. The second kappa shape index (κ2) is 8.02.